The molecule has 0 atom stereocenters. The van der Waals surface area contributed by atoms with E-state index in [0.29, 0.717) is 9.48 Å². The number of hydrogen-bond acceptors (Lipinski definition) is 0. The van der Waals surface area contributed by atoms with Crippen LogP contribution in [0.4, 0.5) is 13.2 Å². The van der Waals surface area contributed by atoms with Gasteiger partial charge in [-0.15, -0.1) is 0 Å². The Kier molecular flexibility index (Phi) is 3.04. The molecule has 0 N–H and O–H groups in total. The van der Waals surface area contributed by atoms with Gasteiger partial charge in [-0.3, -0.25) is 0 Å². The summed E-state index contributed by atoms with van der Waals surface area (Å²) in [5.41, 5.74) is 0. The Hall–Kier alpha value is -0.181. The van der Waals surface area contributed by atoms with Crippen molar-refractivity contribution in [2.45, 2.75) is 5.07 Å². The van der Waals surface area contributed by atoms with Crippen LogP contribution in [0.1, 0.15) is 0 Å². The van der Waals surface area contributed by atoms with E-state index < -0.39 is 20.0 Å². The molecular weight excluding hydrogens is 255 g/mol. The van der Waals surface area contributed by atoms with E-state index >= 15 is 0 Å². The van der Waals surface area contributed by atoms with Gasteiger partial charge < -0.3 is 0 Å². The Balaban J connectivity index is 2.71. The number of alkyl halides is 3. The van der Waals surface area contributed by atoms with E-state index in [1.54, 1.807) is 0 Å². The van der Waals surface area contributed by atoms with Gasteiger partial charge in [0.25, 0.3) is 0 Å². The number of rotatable bonds is 1. The van der Waals surface area contributed by atoms with Crippen molar-refractivity contribution in [3.05, 3.63) is 29.3 Å². The standard InChI is InChI=1S/C7H4ClF3Se/c8-5-1-3-6(4-2-5)12-7(9,10)11/h1-4H. The minimum atomic E-state index is -4.08. The van der Waals surface area contributed by atoms with E-state index in [0.717, 1.165) is 0 Å². The maximum atomic E-state index is 11.8. The Morgan fingerprint density at radius 1 is 1.08 bits per heavy atom. The molecule has 0 unspecified atom stereocenters. The molecule has 1 aromatic rings. The van der Waals surface area contributed by atoms with Crippen LogP contribution in [0.3, 0.4) is 0 Å². The molecule has 0 spiro atoms. The van der Waals surface area contributed by atoms with Crippen molar-refractivity contribution in [1.29, 1.82) is 0 Å². The molecular formula is C7H4ClF3Se. The zero-order valence-corrected chi connectivity index (χ0v) is 8.20. The second-order valence-corrected chi connectivity index (χ2v) is 4.83. The van der Waals surface area contributed by atoms with Crippen LogP contribution < -0.4 is 4.46 Å². The maximum absolute atomic E-state index is 11.8. The van der Waals surface area contributed by atoms with Gasteiger partial charge >= 0.3 is 78.6 Å². The number of benzene rings is 1. The van der Waals surface area contributed by atoms with Gasteiger partial charge in [-0.2, -0.15) is 0 Å². The first-order valence-electron chi connectivity index (χ1n) is 2.99. The third kappa shape index (κ3) is 3.48. The third-order valence-corrected chi connectivity index (χ3v) is 2.85. The van der Waals surface area contributed by atoms with Gasteiger partial charge in [-0.1, -0.05) is 0 Å². The molecule has 0 bridgehead atoms. The van der Waals surface area contributed by atoms with Gasteiger partial charge in [0.1, 0.15) is 0 Å². The molecule has 0 aromatic heterocycles. The van der Waals surface area contributed by atoms with Crippen LogP contribution in [0.2, 0.25) is 5.02 Å². The fraction of sp³-hybridized carbons (Fsp3) is 0.143. The fourth-order valence-corrected chi connectivity index (χ4v) is 1.89. The fourth-order valence-electron chi connectivity index (χ4n) is 0.636. The second-order valence-electron chi connectivity index (χ2n) is 2.00. The summed E-state index contributed by atoms with van der Waals surface area (Å²) in [5, 5.41) is -3.63. The van der Waals surface area contributed by atoms with E-state index in [1.807, 2.05) is 0 Å². The molecule has 66 valence electrons. The summed E-state index contributed by atoms with van der Waals surface area (Å²) in [6.07, 6.45) is 0. The van der Waals surface area contributed by atoms with Crippen molar-refractivity contribution in [2.24, 2.45) is 0 Å². The molecule has 0 amide bonds. The molecule has 0 aliphatic rings. The predicted molar refractivity (Wildman–Crippen MR) is 42.9 cm³/mol. The molecule has 5 heteroatoms. The Labute approximate surface area is 78.9 Å². The summed E-state index contributed by atoms with van der Waals surface area (Å²) in [6.45, 7) is 0. The van der Waals surface area contributed by atoms with E-state index in [4.69, 9.17) is 11.6 Å². The van der Waals surface area contributed by atoms with Gasteiger partial charge in [0, 0.05) is 0 Å². The summed E-state index contributed by atoms with van der Waals surface area (Å²) < 4.78 is 35.8. The topological polar surface area (TPSA) is 0 Å². The summed E-state index contributed by atoms with van der Waals surface area (Å²) in [7, 11) is 0. The average Bonchev–Trinajstić information content (AvgIpc) is 1.91. The van der Waals surface area contributed by atoms with Crippen molar-refractivity contribution in [3.8, 4) is 0 Å². The van der Waals surface area contributed by atoms with E-state index in [9.17, 15) is 13.2 Å². The summed E-state index contributed by atoms with van der Waals surface area (Å²) in [5.74, 6) is 0. The second kappa shape index (κ2) is 3.69. The van der Waals surface area contributed by atoms with Crippen LogP contribution in [0.25, 0.3) is 0 Å². The van der Waals surface area contributed by atoms with Gasteiger partial charge in [0.2, 0.25) is 0 Å². The van der Waals surface area contributed by atoms with Gasteiger partial charge in [-0.05, 0) is 0 Å². The SMILES string of the molecule is FC(F)(F)[Se]c1ccc(Cl)cc1. The molecule has 0 nitrogen and oxygen atoms in total. The van der Waals surface area contributed by atoms with Crippen LogP contribution in [0.5, 0.6) is 0 Å². The van der Waals surface area contributed by atoms with Crippen LogP contribution in [0, 0.1) is 0 Å². The quantitative estimate of drug-likeness (QED) is 0.678. The first-order valence-corrected chi connectivity index (χ1v) is 5.08. The van der Waals surface area contributed by atoms with Crippen molar-refractivity contribution in [1.82, 2.24) is 0 Å². The van der Waals surface area contributed by atoms with Crippen molar-refractivity contribution in [3.63, 3.8) is 0 Å². The van der Waals surface area contributed by atoms with Gasteiger partial charge in [0.15, 0.2) is 0 Å². The summed E-state index contributed by atoms with van der Waals surface area (Å²) in [4.78, 5) is 0. The molecule has 1 aromatic carbocycles. The van der Waals surface area contributed by atoms with Crippen LogP contribution in [0.15, 0.2) is 24.3 Å². The Morgan fingerprint density at radius 3 is 2.00 bits per heavy atom. The van der Waals surface area contributed by atoms with E-state index in [2.05, 4.69) is 0 Å². The van der Waals surface area contributed by atoms with Crippen LogP contribution >= 0.6 is 11.6 Å². The monoisotopic (exact) mass is 260 g/mol. The van der Waals surface area contributed by atoms with Gasteiger partial charge in [-0.25, -0.2) is 0 Å². The molecule has 12 heavy (non-hydrogen) atoms. The van der Waals surface area contributed by atoms with Crippen molar-refractivity contribution < 1.29 is 13.2 Å². The third-order valence-electron chi connectivity index (χ3n) is 1.05. The molecule has 0 radical (unpaired) electrons. The zero-order valence-electron chi connectivity index (χ0n) is 5.73. The molecule has 0 aliphatic heterocycles. The molecule has 0 fully saturated rings. The Morgan fingerprint density at radius 2 is 1.58 bits per heavy atom. The average molecular weight is 260 g/mol. The summed E-state index contributed by atoms with van der Waals surface area (Å²) in [6, 6.07) is 5.72. The van der Waals surface area contributed by atoms with E-state index in [1.165, 1.54) is 24.3 Å². The Bertz CT molecular complexity index is 254. The van der Waals surface area contributed by atoms with E-state index in [-0.39, 0.29) is 0 Å². The molecule has 0 heterocycles. The molecule has 0 saturated heterocycles. The van der Waals surface area contributed by atoms with Gasteiger partial charge in [0.05, 0.1) is 0 Å². The van der Waals surface area contributed by atoms with Crippen molar-refractivity contribution in [2.75, 3.05) is 0 Å². The molecule has 1 rings (SSSR count). The minimum absolute atomic E-state index is 0.291. The predicted octanol–water partition coefficient (Wildman–Crippen LogP) is 2.19. The van der Waals surface area contributed by atoms with Crippen LogP contribution in [-0.4, -0.2) is 20.0 Å². The summed E-state index contributed by atoms with van der Waals surface area (Å²) >= 11 is 4.05. The van der Waals surface area contributed by atoms with Crippen LogP contribution in [-0.2, 0) is 0 Å². The first kappa shape index (κ1) is 9.90. The molecule has 0 saturated carbocycles. The number of halogens is 4. The van der Waals surface area contributed by atoms with Crippen molar-refractivity contribution >= 4 is 31.0 Å². The first-order chi connectivity index (χ1) is 5.47. The molecule has 0 aliphatic carbocycles. The zero-order chi connectivity index (χ0) is 9.19. The normalized spacial score (nSPS) is 11.7. The number of hydrogen-bond donors (Lipinski definition) is 0.